The molecule has 7 rings (SSSR count). The third-order valence-corrected chi connectivity index (χ3v) is 8.68. The van der Waals surface area contributed by atoms with Crippen LogP contribution in [-0.4, -0.2) is 47.2 Å². The third-order valence-electron chi connectivity index (χ3n) is 8.43. The Morgan fingerprint density at radius 2 is 1.77 bits per heavy atom. The Bertz CT molecular complexity index is 1510. The number of likely N-dealkylation sites (tertiary alicyclic amines) is 1. The molecular formula is C32H33ClN4O2. The zero-order valence-corrected chi connectivity index (χ0v) is 23.0. The molecule has 1 saturated heterocycles. The normalized spacial score (nSPS) is 18.7. The molecule has 0 radical (unpaired) electrons. The molecule has 3 aliphatic rings. The molecule has 2 aliphatic heterocycles. The summed E-state index contributed by atoms with van der Waals surface area (Å²) >= 11 is 6.03. The minimum Gasteiger partial charge on any atom is -0.489 e. The summed E-state index contributed by atoms with van der Waals surface area (Å²) in [4.78, 5) is 12.2. The van der Waals surface area contributed by atoms with E-state index >= 15 is 0 Å². The first-order valence-corrected chi connectivity index (χ1v) is 14.3. The van der Waals surface area contributed by atoms with E-state index in [1.165, 1.54) is 18.4 Å². The number of aryl methyl sites for hydroxylation is 1. The summed E-state index contributed by atoms with van der Waals surface area (Å²) in [5.41, 5.74) is 5.58. The number of halogens is 1. The largest absolute Gasteiger partial charge is 0.489 e. The Labute approximate surface area is 234 Å². The van der Waals surface area contributed by atoms with Crippen molar-refractivity contribution in [3.63, 3.8) is 0 Å². The van der Waals surface area contributed by atoms with Crippen molar-refractivity contribution in [1.29, 1.82) is 0 Å². The van der Waals surface area contributed by atoms with Gasteiger partial charge >= 0.3 is 0 Å². The van der Waals surface area contributed by atoms with Crippen molar-refractivity contribution in [1.82, 2.24) is 14.9 Å². The van der Waals surface area contributed by atoms with Gasteiger partial charge in [0.2, 0.25) is 5.95 Å². The van der Waals surface area contributed by atoms with Crippen LogP contribution in [0.4, 0.5) is 5.95 Å². The van der Waals surface area contributed by atoms with Crippen LogP contribution < -0.4 is 14.8 Å². The molecule has 1 aromatic heterocycles. The Hall–Kier alpha value is -3.35. The van der Waals surface area contributed by atoms with Gasteiger partial charge in [-0.05, 0) is 74.1 Å². The molecule has 1 spiro atoms. The summed E-state index contributed by atoms with van der Waals surface area (Å²) in [6.07, 6.45) is 4.49. The Kier molecular flexibility index (Phi) is 6.32. The average molecular weight is 541 g/mol. The van der Waals surface area contributed by atoms with Crippen LogP contribution >= 0.6 is 11.6 Å². The minimum absolute atomic E-state index is 0.209. The molecule has 4 aromatic rings. The van der Waals surface area contributed by atoms with Crippen molar-refractivity contribution in [2.45, 2.75) is 45.2 Å². The maximum absolute atomic E-state index is 6.33. The number of nitrogens with zero attached hydrogens (tertiary/aromatic N) is 3. The summed E-state index contributed by atoms with van der Waals surface area (Å²) < 4.78 is 12.5. The number of hydrogen-bond acceptors (Lipinski definition) is 6. The number of para-hydroxylation sites is 1. The second-order valence-corrected chi connectivity index (χ2v) is 11.8. The fourth-order valence-electron chi connectivity index (χ4n) is 5.75. The molecule has 2 fully saturated rings. The van der Waals surface area contributed by atoms with Gasteiger partial charge in [0.1, 0.15) is 0 Å². The predicted molar refractivity (Wildman–Crippen MR) is 156 cm³/mol. The smallest absolute Gasteiger partial charge is 0.223 e. The summed E-state index contributed by atoms with van der Waals surface area (Å²) in [7, 11) is 0. The molecule has 1 saturated carbocycles. The summed E-state index contributed by atoms with van der Waals surface area (Å²) in [6.45, 7) is 6.58. The van der Waals surface area contributed by atoms with Crippen molar-refractivity contribution in [2.75, 3.05) is 31.6 Å². The molecule has 3 aromatic carbocycles. The number of aromatic nitrogens is 2. The Morgan fingerprint density at radius 1 is 0.974 bits per heavy atom. The van der Waals surface area contributed by atoms with Gasteiger partial charge < -0.3 is 14.8 Å². The first-order valence-electron chi connectivity index (χ1n) is 13.9. The van der Waals surface area contributed by atoms with Gasteiger partial charge in [-0.15, -0.1) is 0 Å². The van der Waals surface area contributed by atoms with Gasteiger partial charge in [-0.2, -0.15) is 0 Å². The van der Waals surface area contributed by atoms with E-state index in [2.05, 4.69) is 53.5 Å². The van der Waals surface area contributed by atoms with E-state index < -0.39 is 0 Å². The van der Waals surface area contributed by atoms with Crippen molar-refractivity contribution in [3.8, 4) is 22.6 Å². The van der Waals surface area contributed by atoms with Crippen molar-refractivity contribution < 1.29 is 9.47 Å². The van der Waals surface area contributed by atoms with E-state index in [4.69, 9.17) is 31.0 Å². The number of fused-ring (bicyclic) bond motifs is 2. The van der Waals surface area contributed by atoms with Crippen LogP contribution in [0.1, 0.15) is 36.9 Å². The Balaban J connectivity index is 1.05. The maximum Gasteiger partial charge on any atom is 0.223 e. The van der Waals surface area contributed by atoms with Gasteiger partial charge in [0, 0.05) is 47.1 Å². The van der Waals surface area contributed by atoms with E-state index in [1.807, 2.05) is 24.3 Å². The molecule has 1 aliphatic carbocycles. The van der Waals surface area contributed by atoms with E-state index in [0.29, 0.717) is 12.0 Å². The quantitative estimate of drug-likeness (QED) is 0.297. The van der Waals surface area contributed by atoms with Crippen molar-refractivity contribution >= 4 is 28.5 Å². The number of rotatable bonds is 5. The number of benzene rings is 3. The highest BCUT2D eigenvalue weighted by Gasteiger charge is 2.46. The molecule has 200 valence electrons. The monoisotopic (exact) mass is 540 g/mol. The van der Waals surface area contributed by atoms with Gasteiger partial charge in [0.05, 0.1) is 24.4 Å². The molecule has 1 N–H and O–H groups in total. The molecular weight excluding hydrogens is 508 g/mol. The van der Waals surface area contributed by atoms with Gasteiger partial charge in [-0.1, -0.05) is 41.9 Å². The average Bonchev–Trinajstić information content (AvgIpc) is 3.76. The summed E-state index contributed by atoms with van der Waals surface area (Å²) in [5, 5.41) is 5.45. The van der Waals surface area contributed by atoms with Crippen molar-refractivity contribution in [3.05, 3.63) is 76.9 Å². The first kappa shape index (κ1) is 24.7. The fourth-order valence-corrected chi connectivity index (χ4v) is 5.87. The lowest BCUT2D eigenvalue weighted by molar-refractivity contribution is 0.197. The lowest BCUT2D eigenvalue weighted by atomic mass is 10.0. The highest BCUT2D eigenvalue weighted by molar-refractivity contribution is 6.30. The van der Waals surface area contributed by atoms with Crippen LogP contribution in [0.2, 0.25) is 5.02 Å². The van der Waals surface area contributed by atoms with Crippen LogP contribution in [0, 0.1) is 12.3 Å². The zero-order chi connectivity index (χ0) is 26.4. The molecule has 0 bridgehead atoms. The van der Waals surface area contributed by atoms with Crippen LogP contribution in [0.5, 0.6) is 11.5 Å². The van der Waals surface area contributed by atoms with E-state index in [1.54, 1.807) is 0 Å². The second-order valence-electron chi connectivity index (χ2n) is 11.4. The van der Waals surface area contributed by atoms with Gasteiger partial charge in [-0.25, -0.2) is 9.97 Å². The molecule has 6 nitrogen and oxygen atoms in total. The maximum atomic E-state index is 6.33. The number of piperidine rings is 1. The predicted octanol–water partition coefficient (Wildman–Crippen LogP) is 6.89. The SMILES string of the molecule is Cc1nc(NC2CCN(Cc3ccc(Cl)cc3)CC2)nc2ccc(-c3cccc4c3OCC3(CC3)CO4)cc12. The minimum atomic E-state index is 0.209. The molecule has 3 heterocycles. The first-order chi connectivity index (χ1) is 19.0. The van der Waals surface area contributed by atoms with E-state index in [0.717, 1.165) is 89.9 Å². The molecule has 7 heteroatoms. The highest BCUT2D eigenvalue weighted by atomic mass is 35.5. The van der Waals surface area contributed by atoms with Crippen molar-refractivity contribution in [2.24, 2.45) is 5.41 Å². The summed E-state index contributed by atoms with van der Waals surface area (Å²) in [6, 6.07) is 21.1. The molecule has 0 unspecified atom stereocenters. The van der Waals surface area contributed by atoms with Crippen LogP contribution in [0.15, 0.2) is 60.7 Å². The van der Waals surface area contributed by atoms with Gasteiger partial charge in [0.15, 0.2) is 11.5 Å². The van der Waals surface area contributed by atoms with Crippen LogP contribution in [-0.2, 0) is 6.54 Å². The standard InChI is InChI=1S/C32H33ClN4O2/c1-21-27-17-23(26-3-2-4-29-30(26)39-20-32(13-14-32)19-38-29)7-10-28(27)36-31(34-21)35-25-11-15-37(16-12-25)18-22-5-8-24(33)9-6-22/h2-10,17,25H,11-16,18-20H2,1H3,(H,34,35,36). The molecule has 39 heavy (non-hydrogen) atoms. The van der Waals surface area contributed by atoms with Crippen LogP contribution in [0.25, 0.3) is 22.0 Å². The van der Waals surface area contributed by atoms with E-state index in [-0.39, 0.29) is 5.41 Å². The lowest BCUT2D eigenvalue weighted by Crippen LogP contribution is -2.39. The van der Waals surface area contributed by atoms with Gasteiger partial charge in [0.25, 0.3) is 0 Å². The fraction of sp³-hybridized carbons (Fsp3) is 0.375. The zero-order valence-electron chi connectivity index (χ0n) is 22.3. The van der Waals surface area contributed by atoms with Crippen LogP contribution in [0.3, 0.4) is 0 Å². The molecule has 0 amide bonds. The topological polar surface area (TPSA) is 59.5 Å². The third kappa shape index (κ3) is 5.15. The number of hydrogen-bond donors (Lipinski definition) is 1. The lowest BCUT2D eigenvalue weighted by Gasteiger charge is -2.32. The number of nitrogens with one attached hydrogen (secondary N) is 1. The number of ether oxygens (including phenoxy) is 2. The Morgan fingerprint density at radius 3 is 2.56 bits per heavy atom. The van der Waals surface area contributed by atoms with E-state index in [9.17, 15) is 0 Å². The number of anilines is 1. The highest BCUT2D eigenvalue weighted by Crippen LogP contribution is 2.50. The second kappa shape index (κ2) is 10.00. The summed E-state index contributed by atoms with van der Waals surface area (Å²) in [5.74, 6) is 2.40. The molecule has 0 atom stereocenters. The van der Waals surface area contributed by atoms with Gasteiger partial charge in [-0.3, -0.25) is 4.90 Å².